The molecule has 0 saturated heterocycles. The fourth-order valence-corrected chi connectivity index (χ4v) is 3.13. The normalized spacial score (nSPS) is 26.8. The third-order valence-corrected chi connectivity index (χ3v) is 5.00. The molecule has 1 fully saturated rings. The summed E-state index contributed by atoms with van der Waals surface area (Å²) in [7, 11) is 0. The highest BCUT2D eigenvalue weighted by molar-refractivity contribution is 9.10. The minimum absolute atomic E-state index is 0.208. The molecule has 0 bridgehead atoms. The molecule has 1 nitrogen and oxygen atoms in total. The second-order valence-corrected chi connectivity index (χ2v) is 6.41. The van der Waals surface area contributed by atoms with Crippen molar-refractivity contribution in [3.05, 3.63) is 33.8 Å². The van der Waals surface area contributed by atoms with Crippen LogP contribution in [0.2, 0.25) is 0 Å². The van der Waals surface area contributed by atoms with E-state index in [2.05, 4.69) is 48.0 Å². The molecular weight excluding hydrogens is 274 g/mol. The van der Waals surface area contributed by atoms with Crippen LogP contribution in [-0.4, -0.2) is 0 Å². The van der Waals surface area contributed by atoms with Gasteiger partial charge >= 0.3 is 0 Å². The van der Waals surface area contributed by atoms with Crippen molar-refractivity contribution in [3.63, 3.8) is 0 Å². The number of hydrogen-bond donors (Lipinski definition) is 1. The van der Waals surface area contributed by atoms with E-state index in [-0.39, 0.29) is 6.04 Å². The van der Waals surface area contributed by atoms with Crippen molar-refractivity contribution in [1.29, 1.82) is 0 Å². The SMILES string of the molecule is Cc1ccc(C(N)C2CCC(C)CC2)cc1Br. The number of rotatable bonds is 2. The van der Waals surface area contributed by atoms with Crippen molar-refractivity contribution in [2.24, 2.45) is 17.6 Å². The Morgan fingerprint density at radius 2 is 1.88 bits per heavy atom. The molecule has 2 heteroatoms. The summed E-state index contributed by atoms with van der Waals surface area (Å²) >= 11 is 3.59. The van der Waals surface area contributed by atoms with Gasteiger partial charge in [-0.15, -0.1) is 0 Å². The van der Waals surface area contributed by atoms with Crippen LogP contribution < -0.4 is 5.73 Å². The maximum Gasteiger partial charge on any atom is 0.0323 e. The molecule has 1 atom stereocenters. The summed E-state index contributed by atoms with van der Waals surface area (Å²) < 4.78 is 1.18. The van der Waals surface area contributed by atoms with Crippen LogP contribution >= 0.6 is 15.9 Å². The van der Waals surface area contributed by atoms with Gasteiger partial charge in [0, 0.05) is 10.5 Å². The molecule has 0 heterocycles. The molecule has 94 valence electrons. The van der Waals surface area contributed by atoms with Gasteiger partial charge in [0.1, 0.15) is 0 Å². The van der Waals surface area contributed by atoms with Crippen molar-refractivity contribution in [2.75, 3.05) is 0 Å². The topological polar surface area (TPSA) is 26.0 Å². The van der Waals surface area contributed by atoms with E-state index in [1.165, 1.54) is 41.3 Å². The van der Waals surface area contributed by atoms with E-state index in [0.717, 1.165) is 5.92 Å². The monoisotopic (exact) mass is 295 g/mol. The van der Waals surface area contributed by atoms with Gasteiger partial charge in [-0.3, -0.25) is 0 Å². The van der Waals surface area contributed by atoms with E-state index in [0.29, 0.717) is 5.92 Å². The molecule has 2 rings (SSSR count). The number of benzene rings is 1. The maximum absolute atomic E-state index is 6.41. The Balaban J connectivity index is 2.08. The summed E-state index contributed by atoms with van der Waals surface area (Å²) in [4.78, 5) is 0. The van der Waals surface area contributed by atoms with Crippen molar-refractivity contribution in [2.45, 2.75) is 45.6 Å². The van der Waals surface area contributed by atoms with Gasteiger partial charge in [0.25, 0.3) is 0 Å². The predicted molar refractivity (Wildman–Crippen MR) is 76.9 cm³/mol. The fourth-order valence-electron chi connectivity index (χ4n) is 2.73. The van der Waals surface area contributed by atoms with Crippen molar-refractivity contribution >= 4 is 15.9 Å². The number of nitrogens with two attached hydrogens (primary N) is 1. The van der Waals surface area contributed by atoms with Crippen LogP contribution in [0, 0.1) is 18.8 Å². The molecule has 1 aliphatic rings. The maximum atomic E-state index is 6.41. The lowest BCUT2D eigenvalue weighted by molar-refractivity contribution is 0.256. The average molecular weight is 296 g/mol. The first-order chi connectivity index (χ1) is 8.08. The fraction of sp³-hybridized carbons (Fsp3) is 0.600. The molecule has 0 aliphatic heterocycles. The molecule has 0 radical (unpaired) electrons. The van der Waals surface area contributed by atoms with E-state index in [1.807, 2.05) is 0 Å². The summed E-state index contributed by atoms with van der Waals surface area (Å²) in [6.45, 7) is 4.46. The smallest absolute Gasteiger partial charge is 0.0323 e. The second-order valence-electron chi connectivity index (χ2n) is 5.55. The van der Waals surface area contributed by atoms with E-state index in [4.69, 9.17) is 5.73 Å². The quantitative estimate of drug-likeness (QED) is 0.849. The highest BCUT2D eigenvalue weighted by atomic mass is 79.9. The molecule has 0 amide bonds. The minimum Gasteiger partial charge on any atom is -0.324 e. The first-order valence-electron chi connectivity index (χ1n) is 6.59. The summed E-state index contributed by atoms with van der Waals surface area (Å²) in [6, 6.07) is 6.74. The zero-order valence-electron chi connectivity index (χ0n) is 10.7. The standard InChI is InChI=1S/C15H22BrN/c1-10-3-6-12(7-4-10)15(17)13-8-5-11(2)14(16)9-13/h5,8-10,12,15H,3-4,6-7,17H2,1-2H3. The summed E-state index contributed by atoms with van der Waals surface area (Å²) in [6.07, 6.45) is 5.25. The molecule has 0 aromatic heterocycles. The third-order valence-electron chi connectivity index (χ3n) is 4.15. The van der Waals surface area contributed by atoms with Crippen molar-refractivity contribution in [3.8, 4) is 0 Å². The van der Waals surface area contributed by atoms with Crippen LogP contribution in [0.25, 0.3) is 0 Å². The van der Waals surface area contributed by atoms with Gasteiger partial charge in [-0.2, -0.15) is 0 Å². The number of aryl methyl sites for hydroxylation is 1. The highest BCUT2D eigenvalue weighted by Crippen LogP contribution is 2.36. The minimum atomic E-state index is 0.208. The predicted octanol–water partition coefficient (Wildman–Crippen LogP) is 4.58. The van der Waals surface area contributed by atoms with Gasteiger partial charge in [0.2, 0.25) is 0 Å². The summed E-state index contributed by atoms with van der Waals surface area (Å²) in [5.74, 6) is 1.56. The molecule has 1 aromatic rings. The van der Waals surface area contributed by atoms with Crippen molar-refractivity contribution in [1.82, 2.24) is 0 Å². The Hall–Kier alpha value is -0.340. The first-order valence-corrected chi connectivity index (χ1v) is 7.39. The van der Waals surface area contributed by atoms with Crippen LogP contribution in [-0.2, 0) is 0 Å². The molecule has 1 aromatic carbocycles. The van der Waals surface area contributed by atoms with Gasteiger partial charge in [-0.05, 0) is 48.8 Å². The molecule has 1 saturated carbocycles. The van der Waals surface area contributed by atoms with E-state index < -0.39 is 0 Å². The van der Waals surface area contributed by atoms with E-state index >= 15 is 0 Å². The van der Waals surface area contributed by atoms with E-state index in [1.54, 1.807) is 0 Å². The third kappa shape index (κ3) is 3.11. The van der Waals surface area contributed by atoms with Gasteiger partial charge < -0.3 is 5.73 Å². The van der Waals surface area contributed by atoms with Gasteiger partial charge in [-0.25, -0.2) is 0 Å². The van der Waals surface area contributed by atoms with Crippen LogP contribution in [0.4, 0.5) is 0 Å². The molecule has 1 aliphatic carbocycles. The molecule has 0 spiro atoms. The number of halogens is 1. The molecule has 2 N–H and O–H groups in total. The highest BCUT2D eigenvalue weighted by Gasteiger charge is 2.24. The zero-order valence-corrected chi connectivity index (χ0v) is 12.3. The number of hydrogen-bond acceptors (Lipinski definition) is 1. The molecular formula is C15H22BrN. The Labute approximate surface area is 113 Å². The van der Waals surface area contributed by atoms with E-state index in [9.17, 15) is 0 Å². The van der Waals surface area contributed by atoms with Crippen LogP contribution in [0.5, 0.6) is 0 Å². The lowest BCUT2D eigenvalue weighted by Gasteiger charge is -2.31. The van der Waals surface area contributed by atoms with Crippen LogP contribution in [0.1, 0.15) is 49.8 Å². The molecule has 17 heavy (non-hydrogen) atoms. The van der Waals surface area contributed by atoms with Crippen LogP contribution in [0.3, 0.4) is 0 Å². The first kappa shape index (κ1) is 13.1. The lowest BCUT2D eigenvalue weighted by atomic mass is 9.77. The largest absolute Gasteiger partial charge is 0.324 e. The summed E-state index contributed by atoms with van der Waals surface area (Å²) in [5.41, 5.74) is 8.97. The second kappa shape index (κ2) is 5.53. The zero-order chi connectivity index (χ0) is 12.4. The van der Waals surface area contributed by atoms with Gasteiger partial charge in [0.15, 0.2) is 0 Å². The van der Waals surface area contributed by atoms with Crippen molar-refractivity contribution < 1.29 is 0 Å². The van der Waals surface area contributed by atoms with Gasteiger partial charge in [0.05, 0.1) is 0 Å². The summed E-state index contributed by atoms with van der Waals surface area (Å²) in [5, 5.41) is 0. The Morgan fingerprint density at radius 1 is 1.24 bits per heavy atom. The Morgan fingerprint density at radius 3 is 2.47 bits per heavy atom. The Kier molecular flexibility index (Phi) is 4.26. The Bertz CT molecular complexity index is 381. The van der Waals surface area contributed by atoms with Crippen LogP contribution in [0.15, 0.2) is 22.7 Å². The lowest BCUT2D eigenvalue weighted by Crippen LogP contribution is -2.25. The molecule has 1 unspecified atom stereocenters. The van der Waals surface area contributed by atoms with Gasteiger partial charge in [-0.1, -0.05) is 47.8 Å². The average Bonchev–Trinajstić information content (AvgIpc) is 2.33.